The van der Waals surface area contributed by atoms with Crippen molar-refractivity contribution < 1.29 is 37.9 Å². The van der Waals surface area contributed by atoms with E-state index in [-0.39, 0.29) is 0 Å². The van der Waals surface area contributed by atoms with Crippen molar-refractivity contribution in [1.82, 2.24) is 0 Å². The van der Waals surface area contributed by atoms with E-state index < -0.39 is 5.41 Å². The molecule has 0 aliphatic heterocycles. The number of rotatable bonds is 28. The van der Waals surface area contributed by atoms with Gasteiger partial charge in [-0.05, 0) is 160 Å². The summed E-state index contributed by atoms with van der Waals surface area (Å²) in [5.41, 5.74) is 20.7. The first-order valence-electron chi connectivity index (χ1n) is 34.7. The molecule has 0 unspecified atom stereocenters. The highest BCUT2D eigenvalue weighted by Crippen LogP contribution is 2.46. The maximum Gasteiger partial charge on any atom is 0.123 e. The van der Waals surface area contributed by atoms with Crippen LogP contribution in [0.25, 0.3) is 97.2 Å². The van der Waals surface area contributed by atoms with E-state index in [9.17, 15) is 0 Å². The van der Waals surface area contributed by atoms with Gasteiger partial charge >= 0.3 is 0 Å². The second kappa shape index (κ2) is 35.0. The van der Waals surface area contributed by atoms with Crippen molar-refractivity contribution in [3.63, 3.8) is 0 Å². The lowest BCUT2D eigenvalue weighted by Gasteiger charge is -2.37. The average Bonchev–Trinajstić information content (AvgIpc) is 0.732. The molecule has 0 bridgehead atoms. The molecule has 520 valence electrons. The Bertz CT molecular complexity index is 4390. The van der Waals surface area contributed by atoms with Crippen LogP contribution in [0.3, 0.4) is 0 Å². The summed E-state index contributed by atoms with van der Waals surface area (Å²) < 4.78 is 44.0. The summed E-state index contributed by atoms with van der Waals surface area (Å²) in [6.07, 6.45) is 34.1. The second-order valence-electron chi connectivity index (χ2n) is 25.2. The number of methoxy groups -OCH3 is 8. The molecule has 0 aliphatic rings. The van der Waals surface area contributed by atoms with Crippen LogP contribution in [0.1, 0.15) is 111 Å². The smallest absolute Gasteiger partial charge is 0.123 e. The molecule has 12 aromatic rings. The minimum Gasteiger partial charge on any atom is -0.497 e. The normalized spacial score (nSPS) is 11.9. The molecule has 8 heteroatoms. The average molecular weight is 1380 g/mol. The maximum atomic E-state index is 5.50. The van der Waals surface area contributed by atoms with Gasteiger partial charge in [0.1, 0.15) is 46.0 Å². The Morgan fingerprint density at radius 1 is 0.143 bits per heavy atom. The molecule has 0 fully saturated rings. The molecule has 12 aromatic carbocycles. The molecule has 0 aromatic heterocycles. The third kappa shape index (κ3) is 18.9. The van der Waals surface area contributed by atoms with E-state index in [0.29, 0.717) is 0 Å². The zero-order valence-electron chi connectivity index (χ0n) is 60.4. The van der Waals surface area contributed by atoms with Crippen LogP contribution in [0, 0.1) is 0 Å². The molecule has 0 heterocycles. The van der Waals surface area contributed by atoms with Crippen molar-refractivity contribution >= 4 is 97.2 Å². The molecule has 0 amide bonds. The lowest BCUT2D eigenvalue weighted by molar-refractivity contribution is 0.394. The van der Waals surface area contributed by atoms with Gasteiger partial charge in [0.25, 0.3) is 0 Å². The second-order valence-corrected chi connectivity index (χ2v) is 25.2. The fraction of sp³-hybridized carbons (Fsp3) is 0.0928. The standard InChI is InChI=1S/C97H84O8/c1-98-89-57-81(58-90(65-89)99-2)37-33-73-17-9-69(10-18-73)25-29-77-41-49-85(50-42-77)97(86-51-43-78(44-52-86)30-26-70-11-19-74(20-12-70)34-38-82-59-91(100-3)66-92(60-82)101-4,87-53-45-79(46-54-87)31-27-71-13-21-75(22-14-71)35-39-83-61-93(102-5)67-94(62-83)103-6)88-55-47-80(48-56-88)32-28-72-15-23-76(24-16-72)36-40-84-63-95(104-7)68-96(64-84)105-8/h9-68H,1-8H3/b29-25+,30-26+,31-27+,32-28+,37-33+,38-34+,39-35+,40-36+. The van der Waals surface area contributed by atoms with E-state index in [1.54, 1.807) is 56.9 Å². The molecule has 0 aliphatic carbocycles. The van der Waals surface area contributed by atoms with Crippen molar-refractivity contribution in [3.8, 4) is 46.0 Å². The molecular weight excluding hydrogens is 1290 g/mol. The van der Waals surface area contributed by atoms with Crippen molar-refractivity contribution in [2.24, 2.45) is 0 Å². The summed E-state index contributed by atoms with van der Waals surface area (Å²) in [4.78, 5) is 0. The lowest BCUT2D eigenvalue weighted by atomic mass is 9.64. The van der Waals surface area contributed by atoms with Gasteiger partial charge in [-0.1, -0.05) is 291 Å². The summed E-state index contributed by atoms with van der Waals surface area (Å²) in [5.74, 6) is 5.96. The molecular formula is C97H84O8. The van der Waals surface area contributed by atoms with Crippen LogP contribution >= 0.6 is 0 Å². The fourth-order valence-corrected chi connectivity index (χ4v) is 12.5. The van der Waals surface area contributed by atoms with E-state index in [1.165, 1.54) is 0 Å². The largest absolute Gasteiger partial charge is 0.497 e. The lowest BCUT2D eigenvalue weighted by Crippen LogP contribution is -2.31. The highest BCUT2D eigenvalue weighted by Gasteiger charge is 2.38. The van der Waals surface area contributed by atoms with Gasteiger partial charge in [-0.15, -0.1) is 0 Å². The van der Waals surface area contributed by atoms with Crippen molar-refractivity contribution in [2.45, 2.75) is 5.41 Å². The van der Waals surface area contributed by atoms with E-state index in [4.69, 9.17) is 37.9 Å². The Morgan fingerprint density at radius 3 is 0.362 bits per heavy atom. The van der Waals surface area contributed by atoms with Crippen LogP contribution in [0.5, 0.6) is 46.0 Å². The maximum absolute atomic E-state index is 5.50. The van der Waals surface area contributed by atoms with Gasteiger partial charge < -0.3 is 37.9 Å². The first kappa shape index (κ1) is 71.8. The van der Waals surface area contributed by atoms with Gasteiger partial charge in [-0.25, -0.2) is 0 Å². The molecule has 0 saturated carbocycles. The number of ether oxygens (including phenoxy) is 8. The molecule has 8 nitrogen and oxygen atoms in total. The van der Waals surface area contributed by atoms with Crippen molar-refractivity contribution in [3.05, 3.63) is 378 Å². The highest BCUT2D eigenvalue weighted by atomic mass is 16.5. The van der Waals surface area contributed by atoms with Gasteiger partial charge in [0.05, 0.1) is 62.3 Å². The van der Waals surface area contributed by atoms with E-state index >= 15 is 0 Å². The Kier molecular flexibility index (Phi) is 23.9. The van der Waals surface area contributed by atoms with E-state index in [1.807, 2.05) is 72.8 Å². The predicted octanol–water partition coefficient (Wildman–Crippen LogP) is 23.5. The van der Waals surface area contributed by atoms with Gasteiger partial charge in [0.2, 0.25) is 0 Å². The number of hydrogen-bond acceptors (Lipinski definition) is 8. The van der Waals surface area contributed by atoms with Crippen LogP contribution < -0.4 is 37.9 Å². The van der Waals surface area contributed by atoms with Crippen LogP contribution in [-0.4, -0.2) is 56.9 Å². The third-order valence-electron chi connectivity index (χ3n) is 18.4. The van der Waals surface area contributed by atoms with Crippen molar-refractivity contribution in [1.29, 1.82) is 0 Å². The Balaban J connectivity index is 0.869. The minimum atomic E-state index is -0.771. The van der Waals surface area contributed by atoms with Crippen LogP contribution in [0.15, 0.2) is 267 Å². The topological polar surface area (TPSA) is 73.8 Å². The van der Waals surface area contributed by atoms with Gasteiger partial charge in [-0.2, -0.15) is 0 Å². The van der Waals surface area contributed by atoms with Crippen LogP contribution in [0.4, 0.5) is 0 Å². The quantitative estimate of drug-likeness (QED) is 0.0355. The third-order valence-corrected chi connectivity index (χ3v) is 18.4. The molecule has 0 saturated heterocycles. The Hall–Kier alpha value is -13.0. The minimum absolute atomic E-state index is 0.745. The highest BCUT2D eigenvalue weighted by molar-refractivity contribution is 5.80. The first-order valence-corrected chi connectivity index (χ1v) is 34.7. The SMILES string of the molecule is COc1cc(/C=C/c2ccc(/C=C/c3ccc(C(c4ccc(/C=C/c5ccc(/C=C/c6cc(OC)cc(OC)c6)cc5)cc4)(c4ccc(/C=C/c5ccc(/C=C/c6cc(OC)cc(OC)c6)cc5)cc4)c4ccc(/C=C/c5ccc(/C=C/c6cc(OC)cc(OC)c6)cc5)cc4)cc3)cc2)cc(OC)c1. The zero-order chi connectivity index (χ0) is 72.7. The van der Waals surface area contributed by atoms with Crippen LogP contribution in [0.2, 0.25) is 0 Å². The molecule has 0 spiro atoms. The van der Waals surface area contributed by atoms with Gasteiger partial charge in [0.15, 0.2) is 0 Å². The summed E-state index contributed by atoms with van der Waals surface area (Å²) >= 11 is 0. The predicted molar refractivity (Wildman–Crippen MR) is 440 cm³/mol. The van der Waals surface area contributed by atoms with Gasteiger partial charge in [-0.3, -0.25) is 0 Å². The number of benzene rings is 12. The molecule has 105 heavy (non-hydrogen) atoms. The van der Waals surface area contributed by atoms with Crippen LogP contribution in [-0.2, 0) is 5.41 Å². The fourth-order valence-electron chi connectivity index (χ4n) is 12.5. The summed E-state index contributed by atoms with van der Waals surface area (Å²) in [5, 5.41) is 0. The summed E-state index contributed by atoms with van der Waals surface area (Å²) in [7, 11) is 13.3. The molecule has 0 radical (unpaired) electrons. The molecule has 12 rings (SSSR count). The molecule has 0 N–H and O–H groups in total. The zero-order valence-corrected chi connectivity index (χ0v) is 60.4. The summed E-state index contributed by atoms with van der Waals surface area (Å²) in [6, 6.07) is 93.9. The number of hydrogen-bond donors (Lipinski definition) is 0. The monoisotopic (exact) mass is 1380 g/mol. The molecule has 0 atom stereocenters. The Morgan fingerprint density at radius 2 is 0.248 bits per heavy atom. The van der Waals surface area contributed by atoms with E-state index in [2.05, 4.69) is 291 Å². The van der Waals surface area contributed by atoms with Crippen molar-refractivity contribution in [2.75, 3.05) is 56.9 Å². The summed E-state index contributed by atoms with van der Waals surface area (Å²) in [6.45, 7) is 0. The Labute approximate surface area is 618 Å². The van der Waals surface area contributed by atoms with E-state index in [0.717, 1.165) is 157 Å². The van der Waals surface area contributed by atoms with Gasteiger partial charge in [0, 0.05) is 24.3 Å². The first-order chi connectivity index (χ1) is 51.5.